The zero-order valence-electron chi connectivity index (χ0n) is 13.2. The second-order valence-electron chi connectivity index (χ2n) is 6.84. The first kappa shape index (κ1) is 16.5. The summed E-state index contributed by atoms with van der Waals surface area (Å²) in [5, 5.41) is 9.07. The first-order chi connectivity index (χ1) is 9.66. The molecule has 1 N–H and O–H groups in total. The lowest BCUT2D eigenvalue weighted by Crippen LogP contribution is -2.41. The highest BCUT2D eigenvalue weighted by Gasteiger charge is 2.35. The summed E-state index contributed by atoms with van der Waals surface area (Å²) in [6.45, 7) is 9.03. The second-order valence-corrected chi connectivity index (χ2v) is 8.74. The predicted octanol–water partition coefficient (Wildman–Crippen LogP) is 2.53. The molecule has 1 aromatic rings. The van der Waals surface area contributed by atoms with E-state index in [-0.39, 0.29) is 22.7 Å². The van der Waals surface area contributed by atoms with Crippen molar-refractivity contribution in [3.63, 3.8) is 0 Å². The minimum Gasteiger partial charge on any atom is -0.462 e. The molecule has 0 radical (unpaired) electrons. The van der Waals surface area contributed by atoms with E-state index in [4.69, 9.17) is 9.52 Å². The first-order valence-electron chi connectivity index (χ1n) is 7.36. The molecule has 1 saturated heterocycles. The van der Waals surface area contributed by atoms with Crippen LogP contribution in [0, 0.1) is 18.3 Å². The summed E-state index contributed by atoms with van der Waals surface area (Å²) in [5.74, 6) is 1.18. The number of rotatable bonds is 3. The Hall–Kier alpha value is -0.850. The molecule has 0 unspecified atom stereocenters. The fraction of sp³-hybridized carbons (Fsp3) is 0.733. The fourth-order valence-electron chi connectivity index (χ4n) is 2.96. The molecule has 1 aromatic heterocycles. The topological polar surface area (TPSA) is 70.8 Å². The van der Waals surface area contributed by atoms with Gasteiger partial charge in [-0.25, -0.2) is 8.42 Å². The van der Waals surface area contributed by atoms with Crippen molar-refractivity contribution in [2.45, 2.75) is 52.0 Å². The van der Waals surface area contributed by atoms with Gasteiger partial charge < -0.3 is 9.52 Å². The van der Waals surface area contributed by atoms with E-state index in [0.717, 1.165) is 12.8 Å². The summed E-state index contributed by atoms with van der Waals surface area (Å²) in [4.78, 5) is 0.181. The van der Waals surface area contributed by atoms with Crippen LogP contribution in [0.15, 0.2) is 15.4 Å². The molecule has 0 saturated carbocycles. The van der Waals surface area contributed by atoms with E-state index in [1.807, 2.05) is 0 Å². The minimum absolute atomic E-state index is 0.181. The van der Waals surface area contributed by atoms with E-state index < -0.39 is 10.0 Å². The molecule has 1 fully saturated rings. The zero-order valence-corrected chi connectivity index (χ0v) is 14.0. The van der Waals surface area contributed by atoms with Gasteiger partial charge in [0.25, 0.3) is 0 Å². The van der Waals surface area contributed by atoms with Gasteiger partial charge in [-0.15, -0.1) is 0 Å². The average molecular weight is 315 g/mol. The Morgan fingerprint density at radius 3 is 2.33 bits per heavy atom. The van der Waals surface area contributed by atoms with Crippen LogP contribution >= 0.6 is 0 Å². The molecule has 21 heavy (non-hydrogen) atoms. The van der Waals surface area contributed by atoms with Crippen LogP contribution in [-0.4, -0.2) is 30.9 Å². The third-order valence-electron chi connectivity index (χ3n) is 4.38. The van der Waals surface area contributed by atoms with Crippen molar-refractivity contribution in [1.29, 1.82) is 0 Å². The summed E-state index contributed by atoms with van der Waals surface area (Å²) in [6.07, 6.45) is 1.76. The van der Waals surface area contributed by atoms with E-state index in [9.17, 15) is 8.42 Å². The molecule has 1 aliphatic rings. The van der Waals surface area contributed by atoms with E-state index in [1.54, 1.807) is 6.92 Å². The first-order valence-corrected chi connectivity index (χ1v) is 8.80. The van der Waals surface area contributed by atoms with Crippen LogP contribution < -0.4 is 0 Å². The van der Waals surface area contributed by atoms with Gasteiger partial charge in [-0.1, -0.05) is 20.8 Å². The van der Waals surface area contributed by atoms with E-state index in [0.29, 0.717) is 24.8 Å². The lowest BCUT2D eigenvalue weighted by Gasteiger charge is -2.38. The van der Waals surface area contributed by atoms with Gasteiger partial charge in [0.1, 0.15) is 23.0 Å². The fourth-order valence-corrected chi connectivity index (χ4v) is 4.61. The third kappa shape index (κ3) is 3.33. The van der Waals surface area contributed by atoms with Gasteiger partial charge in [-0.3, -0.25) is 0 Å². The lowest BCUT2D eigenvalue weighted by atomic mass is 9.76. The van der Waals surface area contributed by atoms with Crippen LogP contribution in [0.25, 0.3) is 0 Å². The number of aryl methyl sites for hydroxylation is 1. The van der Waals surface area contributed by atoms with Crippen LogP contribution in [-0.2, 0) is 16.6 Å². The monoisotopic (exact) mass is 315 g/mol. The van der Waals surface area contributed by atoms with Gasteiger partial charge in [0.2, 0.25) is 10.0 Å². The molecule has 0 aromatic carbocycles. The Kier molecular flexibility index (Phi) is 4.52. The third-order valence-corrected chi connectivity index (χ3v) is 6.38. The Balaban J connectivity index is 2.17. The van der Waals surface area contributed by atoms with E-state index in [1.165, 1.54) is 10.4 Å². The molecule has 6 heteroatoms. The number of sulfonamides is 1. The number of aliphatic hydroxyl groups is 1. The highest BCUT2D eigenvalue weighted by molar-refractivity contribution is 7.89. The number of piperidine rings is 1. The van der Waals surface area contributed by atoms with Crippen LogP contribution in [0.2, 0.25) is 0 Å². The van der Waals surface area contributed by atoms with Gasteiger partial charge >= 0.3 is 0 Å². The summed E-state index contributed by atoms with van der Waals surface area (Å²) in [7, 11) is -3.52. The Morgan fingerprint density at radius 2 is 1.90 bits per heavy atom. The Morgan fingerprint density at radius 1 is 1.33 bits per heavy atom. The summed E-state index contributed by atoms with van der Waals surface area (Å²) >= 11 is 0. The molecule has 120 valence electrons. The highest BCUT2D eigenvalue weighted by atomic mass is 32.2. The number of aliphatic hydroxyl groups excluding tert-OH is 1. The van der Waals surface area contributed by atoms with Crippen LogP contribution in [0.4, 0.5) is 0 Å². The van der Waals surface area contributed by atoms with Crippen LogP contribution in [0.5, 0.6) is 0 Å². The number of nitrogens with zero attached hydrogens (tertiary/aromatic N) is 1. The van der Waals surface area contributed by atoms with Gasteiger partial charge in [0, 0.05) is 19.2 Å². The molecule has 2 rings (SSSR count). The van der Waals surface area contributed by atoms with Crippen molar-refractivity contribution in [3.8, 4) is 0 Å². The van der Waals surface area contributed by atoms with Crippen LogP contribution in [0.1, 0.15) is 45.1 Å². The van der Waals surface area contributed by atoms with Crippen LogP contribution in [0.3, 0.4) is 0 Å². The maximum Gasteiger partial charge on any atom is 0.246 e. The number of hydrogen-bond acceptors (Lipinski definition) is 4. The van der Waals surface area contributed by atoms with Crippen molar-refractivity contribution >= 4 is 10.0 Å². The standard InChI is InChI=1S/C15H25NO4S/c1-11-14(9-13(10-17)20-11)21(18,19)16-7-5-12(6-8-16)15(2,3)4/h9,12,17H,5-8,10H2,1-4H3. The SMILES string of the molecule is Cc1oc(CO)cc1S(=O)(=O)N1CCC(C(C)(C)C)CC1. The highest BCUT2D eigenvalue weighted by Crippen LogP contribution is 2.36. The largest absolute Gasteiger partial charge is 0.462 e. The van der Waals surface area contributed by atoms with Crippen molar-refractivity contribution < 1.29 is 17.9 Å². The zero-order chi connectivity index (χ0) is 15.8. The lowest BCUT2D eigenvalue weighted by molar-refractivity contribution is 0.154. The molecule has 1 aliphatic heterocycles. The summed E-state index contributed by atoms with van der Waals surface area (Å²) in [5.41, 5.74) is 0.214. The molecule has 0 spiro atoms. The van der Waals surface area contributed by atoms with Crippen molar-refractivity contribution in [2.75, 3.05) is 13.1 Å². The van der Waals surface area contributed by atoms with Gasteiger partial charge in [-0.05, 0) is 31.1 Å². The molecule has 0 bridgehead atoms. The van der Waals surface area contributed by atoms with Crippen molar-refractivity contribution in [2.24, 2.45) is 11.3 Å². The average Bonchev–Trinajstić information content (AvgIpc) is 2.80. The predicted molar refractivity (Wildman–Crippen MR) is 80.3 cm³/mol. The van der Waals surface area contributed by atoms with E-state index in [2.05, 4.69) is 20.8 Å². The molecular weight excluding hydrogens is 290 g/mol. The molecule has 5 nitrogen and oxygen atoms in total. The number of hydrogen-bond donors (Lipinski definition) is 1. The molecule has 2 heterocycles. The van der Waals surface area contributed by atoms with E-state index >= 15 is 0 Å². The maximum absolute atomic E-state index is 12.7. The molecular formula is C15H25NO4S. The Labute approximate surface area is 127 Å². The number of furan rings is 1. The summed E-state index contributed by atoms with van der Waals surface area (Å²) in [6, 6.07) is 1.43. The van der Waals surface area contributed by atoms with Gasteiger partial charge in [0.15, 0.2) is 0 Å². The van der Waals surface area contributed by atoms with Crippen molar-refractivity contribution in [1.82, 2.24) is 4.31 Å². The minimum atomic E-state index is -3.52. The van der Waals surface area contributed by atoms with Gasteiger partial charge in [0.05, 0.1) is 0 Å². The van der Waals surface area contributed by atoms with Gasteiger partial charge in [-0.2, -0.15) is 4.31 Å². The maximum atomic E-state index is 12.7. The normalized spacial score (nSPS) is 19.1. The molecule has 0 aliphatic carbocycles. The molecule has 0 atom stereocenters. The summed E-state index contributed by atoms with van der Waals surface area (Å²) < 4.78 is 32.2. The van der Waals surface area contributed by atoms with Crippen molar-refractivity contribution in [3.05, 3.63) is 17.6 Å². The molecule has 0 amide bonds. The quantitative estimate of drug-likeness (QED) is 0.930. The smallest absolute Gasteiger partial charge is 0.246 e. The Bertz CT molecular complexity index is 590. The second kappa shape index (κ2) is 5.74.